The molecule has 2 N–H and O–H groups in total. The fourth-order valence-corrected chi connectivity index (χ4v) is 3.86. The molecule has 0 aromatic heterocycles. The maximum Gasteiger partial charge on any atom is 0.250 e. The van der Waals surface area contributed by atoms with Gasteiger partial charge in [0, 0.05) is 18.3 Å². The number of anilines is 1. The predicted octanol–water partition coefficient (Wildman–Crippen LogP) is 4.26. The highest BCUT2D eigenvalue weighted by molar-refractivity contribution is 6.03. The summed E-state index contributed by atoms with van der Waals surface area (Å²) in [7, 11) is 1.74. The van der Waals surface area contributed by atoms with Gasteiger partial charge < -0.3 is 10.6 Å². The molecule has 0 saturated carbocycles. The molecule has 0 unspecified atom stereocenters. The molecule has 138 valence electrons. The largest absolute Gasteiger partial charge is 0.366 e. The van der Waals surface area contributed by atoms with Gasteiger partial charge in [-0.05, 0) is 78.8 Å². The molecular formula is C23H24N2O2. The molecule has 4 heteroatoms. The maximum absolute atomic E-state index is 12.1. The van der Waals surface area contributed by atoms with E-state index in [-0.39, 0.29) is 5.91 Å². The minimum Gasteiger partial charge on any atom is -0.366 e. The van der Waals surface area contributed by atoms with E-state index in [4.69, 9.17) is 5.73 Å². The van der Waals surface area contributed by atoms with Gasteiger partial charge in [0.25, 0.3) is 0 Å². The first-order chi connectivity index (χ1) is 12.8. The molecule has 0 spiro atoms. The van der Waals surface area contributed by atoms with Gasteiger partial charge >= 0.3 is 0 Å². The summed E-state index contributed by atoms with van der Waals surface area (Å²) >= 11 is 0. The van der Waals surface area contributed by atoms with Gasteiger partial charge in [-0.25, -0.2) is 0 Å². The van der Waals surface area contributed by atoms with E-state index in [2.05, 4.69) is 20.4 Å². The van der Waals surface area contributed by atoms with Gasteiger partial charge in [0.1, 0.15) is 0 Å². The van der Waals surface area contributed by atoms with Crippen LogP contribution in [-0.2, 0) is 11.2 Å². The standard InChI is InChI=1S/C23H24N2O2/c1-6-21(26)25(5)20-9-7-8-16(15(20)4)17-10-11-18(23(24)27)19-12-13(2)14(3)22(17)19/h6-11H,1,12H2,2-5H3,(H2,24,27). The van der Waals surface area contributed by atoms with Crippen LogP contribution in [0.2, 0.25) is 0 Å². The lowest BCUT2D eigenvalue weighted by Gasteiger charge is -2.21. The van der Waals surface area contributed by atoms with Gasteiger partial charge in [-0.3, -0.25) is 9.59 Å². The molecule has 0 heterocycles. The summed E-state index contributed by atoms with van der Waals surface area (Å²) in [5.41, 5.74) is 14.6. The Morgan fingerprint density at radius 3 is 2.44 bits per heavy atom. The first-order valence-electron chi connectivity index (χ1n) is 8.90. The molecule has 4 nitrogen and oxygen atoms in total. The summed E-state index contributed by atoms with van der Waals surface area (Å²) in [6.07, 6.45) is 2.04. The quantitative estimate of drug-likeness (QED) is 0.828. The summed E-state index contributed by atoms with van der Waals surface area (Å²) in [6.45, 7) is 9.75. The Kier molecular flexibility index (Phi) is 4.75. The molecule has 2 aromatic rings. The van der Waals surface area contributed by atoms with Gasteiger partial charge in [-0.1, -0.05) is 30.4 Å². The second-order valence-electron chi connectivity index (χ2n) is 7.01. The maximum atomic E-state index is 12.1. The Bertz CT molecular complexity index is 1020. The monoisotopic (exact) mass is 360 g/mol. The van der Waals surface area contributed by atoms with Gasteiger partial charge in [0.2, 0.25) is 11.8 Å². The number of nitrogens with two attached hydrogens (primary N) is 1. The SMILES string of the molecule is C=CC(=O)N(C)c1cccc(-c2ccc(C(N)=O)c3c2C(C)=C(C)C3)c1C. The third kappa shape index (κ3) is 2.97. The van der Waals surface area contributed by atoms with Gasteiger partial charge in [-0.15, -0.1) is 0 Å². The summed E-state index contributed by atoms with van der Waals surface area (Å²) in [6, 6.07) is 9.69. The van der Waals surface area contributed by atoms with Crippen molar-refractivity contribution in [3.63, 3.8) is 0 Å². The highest BCUT2D eigenvalue weighted by Crippen LogP contribution is 2.42. The fraction of sp³-hybridized carbons (Fsp3) is 0.217. The Morgan fingerprint density at radius 1 is 1.11 bits per heavy atom. The van der Waals surface area contributed by atoms with Crippen molar-refractivity contribution in [2.45, 2.75) is 27.2 Å². The number of fused-ring (bicyclic) bond motifs is 1. The van der Waals surface area contributed by atoms with Gasteiger partial charge in [0.15, 0.2) is 0 Å². The molecule has 1 aliphatic rings. The molecule has 1 aliphatic carbocycles. The van der Waals surface area contributed by atoms with Crippen molar-refractivity contribution in [2.24, 2.45) is 5.73 Å². The Hall–Kier alpha value is -3.14. The lowest BCUT2D eigenvalue weighted by atomic mass is 9.88. The summed E-state index contributed by atoms with van der Waals surface area (Å²) in [5, 5.41) is 0. The molecule has 2 amide bonds. The second-order valence-corrected chi connectivity index (χ2v) is 7.01. The van der Waals surface area contributed by atoms with Crippen LogP contribution in [0.3, 0.4) is 0 Å². The number of likely N-dealkylation sites (N-methyl/N-ethyl adjacent to an activating group) is 1. The molecular weight excluding hydrogens is 336 g/mol. The van der Waals surface area contributed by atoms with E-state index >= 15 is 0 Å². The molecule has 3 rings (SSSR count). The number of allylic oxidation sites excluding steroid dienone is 2. The zero-order chi connectivity index (χ0) is 19.9. The first kappa shape index (κ1) is 18.6. The second kappa shape index (κ2) is 6.88. The number of hydrogen-bond donors (Lipinski definition) is 1. The van der Waals surface area contributed by atoms with Gasteiger partial charge in [0.05, 0.1) is 0 Å². The molecule has 27 heavy (non-hydrogen) atoms. The molecule has 0 radical (unpaired) electrons. The van der Waals surface area contributed by atoms with E-state index in [0.29, 0.717) is 5.56 Å². The minimum atomic E-state index is -0.401. The topological polar surface area (TPSA) is 63.4 Å². The molecule has 0 saturated heterocycles. The molecule has 0 fully saturated rings. The molecule has 0 bridgehead atoms. The zero-order valence-corrected chi connectivity index (χ0v) is 16.2. The van der Waals surface area contributed by atoms with Crippen molar-refractivity contribution in [3.8, 4) is 11.1 Å². The van der Waals surface area contributed by atoms with Crippen molar-refractivity contribution >= 4 is 23.1 Å². The number of benzene rings is 2. The normalized spacial score (nSPS) is 12.7. The highest BCUT2D eigenvalue weighted by atomic mass is 16.2. The van der Waals surface area contributed by atoms with Crippen LogP contribution in [0.25, 0.3) is 16.7 Å². The molecule has 2 aromatic carbocycles. The van der Waals surface area contributed by atoms with Crippen LogP contribution in [-0.4, -0.2) is 18.9 Å². The van der Waals surface area contributed by atoms with E-state index in [1.54, 1.807) is 11.9 Å². The lowest BCUT2D eigenvalue weighted by Crippen LogP contribution is -2.24. The number of carbonyl (C=O) groups excluding carboxylic acids is 2. The number of hydrogen-bond acceptors (Lipinski definition) is 2. The van der Waals surface area contributed by atoms with E-state index in [1.807, 2.05) is 37.3 Å². The third-order valence-corrected chi connectivity index (χ3v) is 5.50. The number of amides is 2. The van der Waals surface area contributed by atoms with Gasteiger partial charge in [-0.2, -0.15) is 0 Å². The van der Waals surface area contributed by atoms with Crippen molar-refractivity contribution in [1.29, 1.82) is 0 Å². The summed E-state index contributed by atoms with van der Waals surface area (Å²) in [5.74, 6) is -0.557. The molecule has 0 atom stereocenters. The average molecular weight is 360 g/mol. The van der Waals surface area contributed by atoms with E-state index in [0.717, 1.165) is 39.9 Å². The van der Waals surface area contributed by atoms with Crippen LogP contribution < -0.4 is 10.6 Å². The minimum absolute atomic E-state index is 0.156. The number of primary amides is 1. The first-order valence-corrected chi connectivity index (χ1v) is 8.90. The van der Waals surface area contributed by atoms with Crippen molar-refractivity contribution in [3.05, 3.63) is 70.8 Å². The zero-order valence-electron chi connectivity index (χ0n) is 16.2. The Balaban J connectivity index is 2.25. The van der Waals surface area contributed by atoms with Crippen LogP contribution >= 0.6 is 0 Å². The smallest absolute Gasteiger partial charge is 0.250 e. The van der Waals surface area contributed by atoms with Crippen LogP contribution in [0, 0.1) is 6.92 Å². The number of rotatable bonds is 4. The highest BCUT2D eigenvalue weighted by Gasteiger charge is 2.25. The van der Waals surface area contributed by atoms with E-state index in [9.17, 15) is 9.59 Å². The van der Waals surface area contributed by atoms with E-state index < -0.39 is 5.91 Å². The fourth-order valence-electron chi connectivity index (χ4n) is 3.86. The number of nitrogens with zero attached hydrogens (tertiary/aromatic N) is 1. The van der Waals surface area contributed by atoms with Crippen molar-refractivity contribution in [1.82, 2.24) is 0 Å². The van der Waals surface area contributed by atoms with Crippen LogP contribution in [0.5, 0.6) is 0 Å². The molecule has 0 aliphatic heterocycles. The summed E-state index contributed by atoms with van der Waals surface area (Å²) in [4.78, 5) is 25.5. The summed E-state index contributed by atoms with van der Waals surface area (Å²) < 4.78 is 0. The van der Waals surface area contributed by atoms with Crippen LogP contribution in [0.1, 0.15) is 40.9 Å². The average Bonchev–Trinajstić information content (AvgIpc) is 2.95. The Morgan fingerprint density at radius 2 is 1.81 bits per heavy atom. The van der Waals surface area contributed by atoms with Crippen LogP contribution in [0.4, 0.5) is 5.69 Å². The van der Waals surface area contributed by atoms with Crippen LogP contribution in [0.15, 0.2) is 48.6 Å². The van der Waals surface area contributed by atoms with Crippen molar-refractivity contribution in [2.75, 3.05) is 11.9 Å². The van der Waals surface area contributed by atoms with E-state index in [1.165, 1.54) is 17.2 Å². The van der Waals surface area contributed by atoms with Crippen molar-refractivity contribution < 1.29 is 9.59 Å². The Labute approximate surface area is 160 Å². The lowest BCUT2D eigenvalue weighted by molar-refractivity contribution is -0.113. The predicted molar refractivity (Wildman–Crippen MR) is 111 cm³/mol. The number of carbonyl (C=O) groups is 2. The third-order valence-electron chi connectivity index (χ3n) is 5.50.